The van der Waals surface area contributed by atoms with Crippen LogP contribution in [0.5, 0.6) is 0 Å². The fourth-order valence-corrected chi connectivity index (χ4v) is 28.3. The lowest BCUT2D eigenvalue weighted by molar-refractivity contribution is 0.665. The van der Waals surface area contributed by atoms with Crippen LogP contribution in [0.1, 0.15) is 5.56 Å². The minimum atomic E-state index is -2.01. The van der Waals surface area contributed by atoms with Gasteiger partial charge in [-0.05, 0) is 28.9 Å². The van der Waals surface area contributed by atoms with E-state index >= 15 is 0 Å². The van der Waals surface area contributed by atoms with Crippen LogP contribution in [0.4, 0.5) is 0 Å². The molecule has 0 spiro atoms. The minimum absolute atomic E-state index is 1.05. The molecule has 3 aliphatic heterocycles. The van der Waals surface area contributed by atoms with Crippen molar-refractivity contribution in [3.05, 3.63) is 66.2 Å². The van der Waals surface area contributed by atoms with Crippen molar-refractivity contribution in [1.82, 2.24) is 0 Å². The zero-order valence-corrected chi connectivity index (χ0v) is 31.8. The van der Waals surface area contributed by atoms with E-state index in [2.05, 4.69) is 126 Å². The van der Waals surface area contributed by atoms with Crippen molar-refractivity contribution in [2.75, 3.05) is 0 Å². The molecule has 0 N–H and O–H groups in total. The molecule has 0 fully saturated rings. The van der Waals surface area contributed by atoms with Crippen LogP contribution < -0.4 is 25.9 Å². The first kappa shape index (κ1) is 27.1. The predicted octanol–water partition coefficient (Wildman–Crippen LogP) is 7.03. The van der Waals surface area contributed by atoms with E-state index in [9.17, 15) is 0 Å². The van der Waals surface area contributed by atoms with E-state index in [1.165, 1.54) is 32.3 Å². The highest BCUT2D eigenvalue weighted by molar-refractivity contribution is 7.50. The molecule has 9 rings (SSSR count). The summed E-state index contributed by atoms with van der Waals surface area (Å²) in [4.78, 5) is 0. The lowest BCUT2D eigenvalue weighted by atomic mass is 10.1. The van der Waals surface area contributed by atoms with Gasteiger partial charge in [0, 0.05) is 21.5 Å². The molecule has 3 aliphatic rings. The Bertz CT molecular complexity index is 2160. The predicted molar refractivity (Wildman–Crippen MR) is 197 cm³/mol. The fraction of sp³-hybridized carbons (Fsp3) is 0.314. The van der Waals surface area contributed by atoms with Crippen molar-refractivity contribution in [1.29, 1.82) is 0 Å². The van der Waals surface area contributed by atoms with Gasteiger partial charge in [0.15, 0.2) is 0 Å². The molecule has 4 aromatic carbocycles. The summed E-state index contributed by atoms with van der Waals surface area (Å²) in [5.74, 6) is 0. The average molecular weight is 635 g/mol. The normalized spacial score (nSPS) is 21.0. The Morgan fingerprint density at radius 3 is 1.43 bits per heavy atom. The first-order valence-corrected chi connectivity index (χ1v) is 32.8. The van der Waals surface area contributed by atoms with Gasteiger partial charge < -0.3 is 8.83 Å². The zero-order valence-electron chi connectivity index (χ0n) is 26.8. The van der Waals surface area contributed by atoms with Gasteiger partial charge >= 0.3 is 0 Å². The number of fused-ring (bicyclic) bond motifs is 3. The number of hydrogen-bond donors (Lipinski definition) is 0. The second-order valence-corrected chi connectivity index (χ2v) is 51.1. The van der Waals surface area contributed by atoms with E-state index < -0.39 is 38.4 Å². The second kappa shape index (κ2) is 7.98. The van der Waals surface area contributed by atoms with E-state index in [0.717, 1.165) is 28.4 Å². The molecule has 0 saturated carbocycles. The highest BCUT2D eigenvalue weighted by Crippen LogP contribution is 2.37. The Morgan fingerprint density at radius 2 is 0.881 bits per heavy atom. The second-order valence-electron chi connectivity index (χ2n) is 16.1. The molecular formula is C35H42O2Si5. The number of rotatable bonds is 0. The molecule has 7 heteroatoms. The van der Waals surface area contributed by atoms with Gasteiger partial charge in [-0.1, -0.05) is 135 Å². The van der Waals surface area contributed by atoms with Gasteiger partial charge in [0.2, 0.25) is 0 Å². The molecule has 2 nitrogen and oxygen atoms in total. The Balaban J connectivity index is 1.66. The summed E-state index contributed by atoms with van der Waals surface area (Å²) >= 11 is 0. The molecule has 0 aliphatic carbocycles. The summed E-state index contributed by atoms with van der Waals surface area (Å²) in [6, 6.07) is 26.0. The summed E-state index contributed by atoms with van der Waals surface area (Å²) < 4.78 is 13.7. The topological polar surface area (TPSA) is 26.3 Å². The number of furan rings is 2. The summed E-state index contributed by atoms with van der Waals surface area (Å²) in [7, 11) is -9.53. The van der Waals surface area contributed by atoms with E-state index in [4.69, 9.17) is 8.83 Å². The fourth-order valence-electron chi connectivity index (χ4n) is 7.98. The quantitative estimate of drug-likeness (QED) is 0.168. The van der Waals surface area contributed by atoms with Gasteiger partial charge in [0.25, 0.3) is 0 Å². The van der Waals surface area contributed by atoms with Crippen LogP contribution in [0.15, 0.2) is 69.5 Å². The van der Waals surface area contributed by atoms with Crippen LogP contribution in [0, 0.1) is 0 Å². The van der Waals surface area contributed by atoms with Crippen LogP contribution in [-0.2, 0) is 6.04 Å². The van der Waals surface area contributed by atoms with Crippen molar-refractivity contribution in [3.8, 4) is 0 Å². The van der Waals surface area contributed by atoms with E-state index in [1.807, 2.05) is 0 Å². The third kappa shape index (κ3) is 3.24. The summed E-state index contributed by atoms with van der Waals surface area (Å²) in [5.41, 5.74) is 5.79. The van der Waals surface area contributed by atoms with Gasteiger partial charge in [0.05, 0.1) is 38.4 Å². The molecule has 5 heterocycles. The number of benzene rings is 4. The van der Waals surface area contributed by atoms with Crippen LogP contribution >= 0.6 is 0 Å². The van der Waals surface area contributed by atoms with Crippen LogP contribution in [0.25, 0.3) is 43.9 Å². The SMILES string of the molecule is C[Si]1(C)Cc2cc3cc4c2oc2ccc(cc24)[Si](C)(C)[Si](C)(C)c2ccc4oc5c1cc(cc5c4c2)[Si](C)(C)[Si]3(C)C. The minimum Gasteiger partial charge on any atom is -0.456 e. The summed E-state index contributed by atoms with van der Waals surface area (Å²) in [6.45, 7) is 26.1. The summed E-state index contributed by atoms with van der Waals surface area (Å²) in [5, 5.41) is 13.2. The highest BCUT2D eigenvalue weighted by Gasteiger charge is 2.47. The zero-order chi connectivity index (χ0) is 29.8. The molecule has 42 heavy (non-hydrogen) atoms. The van der Waals surface area contributed by atoms with E-state index in [1.54, 1.807) is 20.7 Å². The number of hydrogen-bond acceptors (Lipinski definition) is 2. The lowest BCUT2D eigenvalue weighted by Gasteiger charge is -2.41. The molecule has 0 radical (unpaired) electrons. The molecule has 0 unspecified atom stereocenters. The largest absolute Gasteiger partial charge is 0.456 e. The van der Waals surface area contributed by atoms with Gasteiger partial charge in [-0.3, -0.25) is 0 Å². The highest BCUT2D eigenvalue weighted by atomic mass is 29.3. The van der Waals surface area contributed by atoms with E-state index in [0.29, 0.717) is 0 Å². The molecule has 2 aromatic heterocycles. The van der Waals surface area contributed by atoms with Crippen molar-refractivity contribution in [2.24, 2.45) is 0 Å². The maximum Gasteiger partial charge on any atom is 0.138 e. The van der Waals surface area contributed by atoms with Gasteiger partial charge in [-0.15, -0.1) is 0 Å². The Hall–Kier alpha value is -2.44. The molecule has 0 atom stereocenters. The average Bonchev–Trinajstić information content (AvgIpc) is 3.48. The van der Waals surface area contributed by atoms with Crippen molar-refractivity contribution in [2.45, 2.75) is 71.5 Å². The van der Waals surface area contributed by atoms with Crippen LogP contribution in [0.2, 0.25) is 65.5 Å². The van der Waals surface area contributed by atoms with Crippen LogP contribution in [0.3, 0.4) is 0 Å². The van der Waals surface area contributed by atoms with E-state index in [-0.39, 0.29) is 0 Å². The molecule has 0 saturated heterocycles. The van der Waals surface area contributed by atoms with Gasteiger partial charge in [0.1, 0.15) is 22.3 Å². The summed E-state index contributed by atoms with van der Waals surface area (Å²) in [6.07, 6.45) is 0. The molecule has 6 aromatic rings. The third-order valence-electron chi connectivity index (χ3n) is 12.6. The smallest absolute Gasteiger partial charge is 0.138 e. The van der Waals surface area contributed by atoms with Crippen molar-refractivity contribution < 1.29 is 8.83 Å². The van der Waals surface area contributed by atoms with Gasteiger partial charge in [-0.2, -0.15) is 0 Å². The van der Waals surface area contributed by atoms with Crippen molar-refractivity contribution >= 4 is 108 Å². The molecular weight excluding hydrogens is 593 g/mol. The maximum absolute atomic E-state index is 6.90. The third-order valence-corrected chi connectivity index (χ3v) is 51.1. The molecule has 214 valence electrons. The molecule has 12 bridgehead atoms. The first-order valence-electron chi connectivity index (χ1n) is 15.6. The Labute approximate surface area is 253 Å². The Morgan fingerprint density at radius 1 is 0.452 bits per heavy atom. The van der Waals surface area contributed by atoms with Crippen LogP contribution in [-0.4, -0.2) is 38.4 Å². The Kier molecular flexibility index (Phi) is 5.16. The van der Waals surface area contributed by atoms with Crippen molar-refractivity contribution in [3.63, 3.8) is 0 Å². The maximum atomic E-state index is 6.90. The van der Waals surface area contributed by atoms with Gasteiger partial charge in [-0.25, -0.2) is 0 Å². The monoisotopic (exact) mass is 634 g/mol. The standard InChI is InChI=1S/C35H42O2Si5/c1-38(2)21-22-15-25-18-29-27-16-23(11-13-31(27)36-34(22)29)39(3,4)40(5,6)24-12-14-32-28(17-24)30-19-26(20-33(38)35(30)37-32)42(9,10)41(25,7)8/h11-20H,21H2,1-10H3. The lowest BCUT2D eigenvalue weighted by Crippen LogP contribution is -2.70. The molecule has 0 amide bonds. The first-order chi connectivity index (χ1) is 19.5.